The Hall–Kier alpha value is -0.650. The Morgan fingerprint density at radius 1 is 1.15 bits per heavy atom. The zero-order valence-corrected chi connectivity index (χ0v) is 12.3. The Labute approximate surface area is 121 Å². The van der Waals surface area contributed by atoms with E-state index in [1.54, 1.807) is 0 Å². The predicted molar refractivity (Wildman–Crippen MR) is 77.0 cm³/mol. The molecule has 116 valence electrons. The molecular weight excluding hydrogens is 256 g/mol. The van der Waals surface area contributed by atoms with Gasteiger partial charge in [-0.3, -0.25) is 4.79 Å². The van der Waals surface area contributed by atoms with Gasteiger partial charge in [-0.05, 0) is 44.7 Å². The van der Waals surface area contributed by atoms with Crippen LogP contribution in [-0.2, 0) is 4.79 Å². The zero-order valence-electron chi connectivity index (χ0n) is 12.3. The Bertz CT molecular complexity index is 304. The Balaban J connectivity index is 1.56. The molecule has 0 bridgehead atoms. The van der Waals surface area contributed by atoms with Crippen LogP contribution in [0.25, 0.3) is 0 Å². The lowest BCUT2D eigenvalue weighted by atomic mass is 9.83. The van der Waals surface area contributed by atoms with Crippen LogP contribution in [0.3, 0.4) is 0 Å². The lowest BCUT2D eigenvalue weighted by Gasteiger charge is -2.31. The second-order valence-electron chi connectivity index (χ2n) is 6.38. The average molecular weight is 284 g/mol. The van der Waals surface area contributed by atoms with Gasteiger partial charge in [0.25, 0.3) is 0 Å². The van der Waals surface area contributed by atoms with Crippen molar-refractivity contribution in [3.05, 3.63) is 0 Å². The largest absolute Gasteiger partial charge is 0.366 e. The summed E-state index contributed by atoms with van der Waals surface area (Å²) in [5.41, 5.74) is 0. The normalized spacial score (nSPS) is 24.5. The fourth-order valence-electron chi connectivity index (χ4n) is 3.21. The summed E-state index contributed by atoms with van der Waals surface area (Å²) in [6.45, 7) is 4.00. The molecular formula is C15H28N2O3. The third-order valence-electron chi connectivity index (χ3n) is 4.58. The van der Waals surface area contributed by atoms with Crippen LogP contribution in [0.5, 0.6) is 0 Å². The summed E-state index contributed by atoms with van der Waals surface area (Å²) in [6.07, 6.45) is 6.65. The molecule has 5 heteroatoms. The van der Waals surface area contributed by atoms with Crippen LogP contribution >= 0.6 is 0 Å². The van der Waals surface area contributed by atoms with Gasteiger partial charge in [0, 0.05) is 32.4 Å². The lowest BCUT2D eigenvalue weighted by molar-refractivity contribution is -0.186. The summed E-state index contributed by atoms with van der Waals surface area (Å²) < 4.78 is 0. The first-order valence-electron chi connectivity index (χ1n) is 7.99. The summed E-state index contributed by atoms with van der Waals surface area (Å²) in [7, 11) is 0. The maximum Gasteiger partial charge on any atom is 0.220 e. The van der Waals surface area contributed by atoms with Gasteiger partial charge < -0.3 is 20.4 Å². The first kappa shape index (κ1) is 15.7. The second kappa shape index (κ2) is 7.38. The quantitative estimate of drug-likeness (QED) is 0.655. The van der Waals surface area contributed by atoms with Crippen molar-refractivity contribution in [3.8, 4) is 0 Å². The molecule has 1 saturated carbocycles. The van der Waals surface area contributed by atoms with Crippen LogP contribution in [0, 0.1) is 5.92 Å². The molecule has 2 rings (SSSR count). The number of amides is 1. The number of piperidine rings is 1. The van der Waals surface area contributed by atoms with Crippen molar-refractivity contribution < 1.29 is 15.0 Å². The van der Waals surface area contributed by atoms with E-state index in [2.05, 4.69) is 10.2 Å². The minimum atomic E-state index is -1.50. The van der Waals surface area contributed by atoms with E-state index in [0.717, 1.165) is 39.0 Å². The number of hydrogen-bond donors (Lipinski definition) is 3. The molecule has 1 aliphatic heterocycles. The van der Waals surface area contributed by atoms with Crippen LogP contribution in [0.2, 0.25) is 0 Å². The van der Waals surface area contributed by atoms with Crippen molar-refractivity contribution in [1.29, 1.82) is 0 Å². The monoisotopic (exact) mass is 284 g/mol. The van der Waals surface area contributed by atoms with E-state index in [4.69, 9.17) is 0 Å². The Kier molecular flexibility index (Phi) is 5.81. The summed E-state index contributed by atoms with van der Waals surface area (Å²) in [5.74, 6) is -1.09. The summed E-state index contributed by atoms with van der Waals surface area (Å²) >= 11 is 0. The van der Waals surface area contributed by atoms with Gasteiger partial charge in [0.2, 0.25) is 5.91 Å². The fourth-order valence-corrected chi connectivity index (χ4v) is 3.21. The molecule has 0 atom stereocenters. The molecule has 5 nitrogen and oxygen atoms in total. The molecule has 2 fully saturated rings. The van der Waals surface area contributed by atoms with Gasteiger partial charge in [-0.15, -0.1) is 0 Å². The van der Waals surface area contributed by atoms with Gasteiger partial charge in [0.1, 0.15) is 0 Å². The molecule has 1 saturated heterocycles. The van der Waals surface area contributed by atoms with Crippen molar-refractivity contribution >= 4 is 5.91 Å². The maximum atomic E-state index is 11.9. The highest BCUT2D eigenvalue weighted by Crippen LogP contribution is 2.31. The molecule has 0 aromatic rings. The van der Waals surface area contributed by atoms with Crippen LogP contribution in [0.1, 0.15) is 51.4 Å². The number of likely N-dealkylation sites (tertiary alicyclic amines) is 1. The van der Waals surface area contributed by atoms with Crippen molar-refractivity contribution in [3.63, 3.8) is 0 Å². The lowest BCUT2D eigenvalue weighted by Crippen LogP contribution is -2.39. The van der Waals surface area contributed by atoms with Crippen LogP contribution < -0.4 is 5.32 Å². The first-order chi connectivity index (χ1) is 9.55. The number of nitrogens with one attached hydrogen (secondary N) is 1. The van der Waals surface area contributed by atoms with E-state index >= 15 is 0 Å². The Morgan fingerprint density at radius 2 is 1.80 bits per heavy atom. The van der Waals surface area contributed by atoms with Gasteiger partial charge in [0.15, 0.2) is 5.79 Å². The highest BCUT2D eigenvalue weighted by Gasteiger charge is 2.31. The van der Waals surface area contributed by atoms with E-state index in [1.165, 1.54) is 19.3 Å². The van der Waals surface area contributed by atoms with E-state index < -0.39 is 5.79 Å². The number of carbonyl (C=O) groups is 1. The summed E-state index contributed by atoms with van der Waals surface area (Å²) in [6, 6.07) is 0. The van der Waals surface area contributed by atoms with Crippen LogP contribution in [0.4, 0.5) is 0 Å². The number of nitrogens with zero attached hydrogens (tertiary/aromatic N) is 1. The average Bonchev–Trinajstić information content (AvgIpc) is 2.42. The minimum absolute atomic E-state index is 0.107. The van der Waals surface area contributed by atoms with Gasteiger partial charge >= 0.3 is 0 Å². The third-order valence-corrected chi connectivity index (χ3v) is 4.58. The van der Waals surface area contributed by atoms with Gasteiger partial charge in [-0.2, -0.15) is 0 Å². The molecule has 20 heavy (non-hydrogen) atoms. The minimum Gasteiger partial charge on any atom is -0.366 e. The topological polar surface area (TPSA) is 72.8 Å². The summed E-state index contributed by atoms with van der Waals surface area (Å²) in [4.78, 5) is 14.3. The fraction of sp³-hybridized carbons (Fsp3) is 0.933. The van der Waals surface area contributed by atoms with E-state index in [1.807, 2.05) is 0 Å². The van der Waals surface area contributed by atoms with Gasteiger partial charge in [-0.25, -0.2) is 0 Å². The number of hydrogen-bond acceptors (Lipinski definition) is 4. The molecule has 0 aromatic heterocycles. The first-order valence-corrected chi connectivity index (χ1v) is 7.99. The smallest absolute Gasteiger partial charge is 0.220 e. The SMILES string of the molecule is O=C(CC1CCC(O)(O)CC1)NCCN1CCCCC1. The van der Waals surface area contributed by atoms with E-state index in [9.17, 15) is 15.0 Å². The van der Waals surface area contributed by atoms with Crippen molar-refractivity contribution in [1.82, 2.24) is 10.2 Å². The molecule has 3 N–H and O–H groups in total. The van der Waals surface area contributed by atoms with E-state index in [-0.39, 0.29) is 5.91 Å². The third kappa shape index (κ3) is 5.38. The molecule has 2 aliphatic rings. The number of carbonyl (C=O) groups excluding carboxylic acids is 1. The highest BCUT2D eigenvalue weighted by atomic mass is 16.5. The molecule has 0 spiro atoms. The van der Waals surface area contributed by atoms with Crippen molar-refractivity contribution in [2.45, 2.75) is 57.2 Å². The van der Waals surface area contributed by atoms with Crippen LogP contribution in [0.15, 0.2) is 0 Å². The molecule has 0 unspecified atom stereocenters. The standard InChI is InChI=1S/C15H28N2O3/c18-14(12-13-4-6-15(19,20)7-5-13)16-8-11-17-9-2-1-3-10-17/h13,19-20H,1-12H2,(H,16,18). The summed E-state index contributed by atoms with van der Waals surface area (Å²) in [5, 5.41) is 21.9. The highest BCUT2D eigenvalue weighted by molar-refractivity contribution is 5.76. The van der Waals surface area contributed by atoms with Crippen molar-refractivity contribution in [2.24, 2.45) is 5.92 Å². The van der Waals surface area contributed by atoms with E-state index in [0.29, 0.717) is 25.2 Å². The van der Waals surface area contributed by atoms with Gasteiger partial charge in [0.05, 0.1) is 0 Å². The second-order valence-corrected chi connectivity index (χ2v) is 6.38. The molecule has 1 heterocycles. The Morgan fingerprint density at radius 3 is 2.45 bits per heavy atom. The predicted octanol–water partition coefficient (Wildman–Crippen LogP) is 0.850. The zero-order chi connectivity index (χ0) is 14.4. The van der Waals surface area contributed by atoms with Crippen molar-refractivity contribution in [2.75, 3.05) is 26.2 Å². The van der Waals surface area contributed by atoms with Crippen LogP contribution in [-0.4, -0.2) is 53.0 Å². The number of rotatable bonds is 5. The molecule has 1 amide bonds. The molecule has 0 radical (unpaired) electrons. The maximum absolute atomic E-state index is 11.9. The van der Waals surface area contributed by atoms with Gasteiger partial charge in [-0.1, -0.05) is 6.42 Å². The molecule has 1 aliphatic carbocycles. The number of aliphatic hydroxyl groups is 2. The molecule has 0 aromatic carbocycles.